The van der Waals surface area contributed by atoms with E-state index in [4.69, 9.17) is 4.74 Å². The van der Waals surface area contributed by atoms with Crippen molar-refractivity contribution in [3.63, 3.8) is 0 Å². The lowest BCUT2D eigenvalue weighted by atomic mass is 9.95. The number of ether oxygens (including phenoxy) is 1. The molecule has 1 saturated carbocycles. The summed E-state index contributed by atoms with van der Waals surface area (Å²) in [5, 5.41) is 3.18. The Morgan fingerprint density at radius 2 is 1.64 bits per heavy atom. The number of nitrogens with zero attached hydrogens (tertiary/aromatic N) is 2. The first kappa shape index (κ1) is 31.1. The Morgan fingerprint density at radius 3 is 2.29 bits per heavy atom. The van der Waals surface area contributed by atoms with Crippen LogP contribution in [0, 0.1) is 6.92 Å². The molecule has 1 atom stereocenters. The summed E-state index contributed by atoms with van der Waals surface area (Å²) in [7, 11) is -2.63. The van der Waals surface area contributed by atoms with Crippen LogP contribution in [-0.4, -0.2) is 50.9 Å². The fourth-order valence-corrected chi connectivity index (χ4v) is 6.80. The Hall–Kier alpha value is -3.85. The van der Waals surface area contributed by atoms with Gasteiger partial charge in [-0.25, -0.2) is 8.42 Å². The molecule has 0 bridgehead atoms. The number of sulfonamides is 1. The van der Waals surface area contributed by atoms with Crippen LogP contribution in [0.3, 0.4) is 0 Å². The van der Waals surface area contributed by atoms with Crippen molar-refractivity contribution < 1.29 is 22.7 Å². The Morgan fingerprint density at radius 1 is 0.952 bits per heavy atom. The first-order chi connectivity index (χ1) is 20.2. The molecule has 0 aliphatic heterocycles. The number of amides is 2. The van der Waals surface area contributed by atoms with Gasteiger partial charge in [0.05, 0.1) is 17.7 Å². The number of carbonyl (C=O) groups is 2. The quantitative estimate of drug-likeness (QED) is 0.302. The van der Waals surface area contributed by atoms with E-state index in [1.807, 2.05) is 38.1 Å². The average molecular weight is 592 g/mol. The molecule has 8 nitrogen and oxygen atoms in total. The van der Waals surface area contributed by atoms with Crippen molar-refractivity contribution in [3.05, 3.63) is 90.0 Å². The predicted octanol–water partition coefficient (Wildman–Crippen LogP) is 5.46. The van der Waals surface area contributed by atoms with Gasteiger partial charge in [-0.3, -0.25) is 13.9 Å². The molecule has 1 unspecified atom stereocenters. The largest absolute Gasteiger partial charge is 0.497 e. The zero-order valence-electron chi connectivity index (χ0n) is 24.7. The number of benzene rings is 3. The van der Waals surface area contributed by atoms with Crippen LogP contribution in [0.5, 0.6) is 5.75 Å². The highest BCUT2D eigenvalue weighted by Crippen LogP contribution is 2.28. The number of carbonyl (C=O) groups excluding carboxylic acids is 2. The van der Waals surface area contributed by atoms with Gasteiger partial charge in [0.15, 0.2) is 0 Å². The monoisotopic (exact) mass is 591 g/mol. The lowest BCUT2D eigenvalue weighted by molar-refractivity contribution is -0.140. The lowest BCUT2D eigenvalue weighted by Gasteiger charge is -2.34. The van der Waals surface area contributed by atoms with Crippen molar-refractivity contribution in [3.8, 4) is 5.75 Å². The van der Waals surface area contributed by atoms with E-state index in [0.717, 1.165) is 47.5 Å². The van der Waals surface area contributed by atoms with Crippen molar-refractivity contribution >= 4 is 27.5 Å². The van der Waals surface area contributed by atoms with Crippen LogP contribution in [0.4, 0.5) is 5.69 Å². The number of methoxy groups -OCH3 is 1. The molecule has 0 saturated heterocycles. The molecule has 0 radical (unpaired) electrons. The third-order valence-corrected chi connectivity index (χ3v) is 9.55. The van der Waals surface area contributed by atoms with E-state index in [1.54, 1.807) is 42.5 Å². The second-order valence-electron chi connectivity index (χ2n) is 10.8. The summed E-state index contributed by atoms with van der Waals surface area (Å²) in [4.78, 5) is 29.5. The highest BCUT2D eigenvalue weighted by atomic mass is 32.2. The third-order valence-electron chi connectivity index (χ3n) is 7.76. The van der Waals surface area contributed by atoms with Crippen molar-refractivity contribution in [1.29, 1.82) is 0 Å². The highest BCUT2D eigenvalue weighted by Gasteiger charge is 2.34. The molecule has 3 aromatic rings. The first-order valence-corrected chi connectivity index (χ1v) is 16.0. The lowest BCUT2D eigenvalue weighted by Crippen LogP contribution is -2.54. The van der Waals surface area contributed by atoms with Crippen LogP contribution in [0.25, 0.3) is 0 Å². The SMILES string of the molecule is CCC(C(=O)NC1CCCCC1)N(Cc1ccc(C)cc1)C(=O)CN(c1cccc(OC)c1)S(=O)(=O)c1ccccc1. The van der Waals surface area contributed by atoms with E-state index in [2.05, 4.69) is 5.32 Å². The number of hydrogen-bond acceptors (Lipinski definition) is 5. The summed E-state index contributed by atoms with van der Waals surface area (Å²) in [6.07, 6.45) is 5.54. The topological polar surface area (TPSA) is 96.0 Å². The minimum absolute atomic E-state index is 0.0628. The van der Waals surface area contributed by atoms with Gasteiger partial charge in [0.1, 0.15) is 18.3 Å². The van der Waals surface area contributed by atoms with Gasteiger partial charge in [0.2, 0.25) is 11.8 Å². The normalized spacial score (nSPS) is 14.5. The minimum Gasteiger partial charge on any atom is -0.497 e. The average Bonchev–Trinajstić information content (AvgIpc) is 3.01. The number of nitrogens with one attached hydrogen (secondary N) is 1. The summed E-state index contributed by atoms with van der Waals surface area (Å²) < 4.78 is 34.4. The van der Waals surface area contributed by atoms with Crippen LogP contribution in [0.15, 0.2) is 83.8 Å². The summed E-state index contributed by atoms with van der Waals surface area (Å²) in [5.41, 5.74) is 2.23. The number of rotatable bonds is 12. The fourth-order valence-electron chi connectivity index (χ4n) is 5.37. The maximum atomic E-state index is 14.2. The van der Waals surface area contributed by atoms with Gasteiger partial charge in [0, 0.05) is 18.7 Å². The van der Waals surface area contributed by atoms with E-state index in [-0.39, 0.29) is 23.4 Å². The summed E-state index contributed by atoms with van der Waals surface area (Å²) >= 11 is 0. The number of hydrogen-bond donors (Lipinski definition) is 1. The Kier molecular flexibility index (Phi) is 10.6. The summed E-state index contributed by atoms with van der Waals surface area (Å²) in [5.74, 6) is -0.213. The molecule has 2 amide bonds. The molecule has 4 rings (SSSR count). The zero-order valence-corrected chi connectivity index (χ0v) is 25.5. The Labute approximate surface area is 249 Å². The number of anilines is 1. The van der Waals surface area contributed by atoms with Gasteiger partial charge in [-0.05, 0) is 56.0 Å². The second kappa shape index (κ2) is 14.4. The van der Waals surface area contributed by atoms with Crippen molar-refractivity contribution in [2.75, 3.05) is 18.0 Å². The van der Waals surface area contributed by atoms with Crippen LogP contribution in [0.1, 0.15) is 56.6 Å². The smallest absolute Gasteiger partial charge is 0.264 e. The summed E-state index contributed by atoms with van der Waals surface area (Å²) in [6.45, 7) is 3.55. The van der Waals surface area contributed by atoms with Crippen LogP contribution < -0.4 is 14.4 Å². The molecule has 1 aliphatic carbocycles. The van der Waals surface area contributed by atoms with Crippen molar-refractivity contribution in [2.45, 2.75) is 75.9 Å². The van der Waals surface area contributed by atoms with Gasteiger partial charge in [0.25, 0.3) is 10.0 Å². The molecule has 9 heteroatoms. The van der Waals surface area contributed by atoms with E-state index in [0.29, 0.717) is 17.9 Å². The molecule has 1 N–H and O–H groups in total. The first-order valence-electron chi connectivity index (χ1n) is 14.6. The van der Waals surface area contributed by atoms with Gasteiger partial charge < -0.3 is 15.0 Å². The van der Waals surface area contributed by atoms with Crippen LogP contribution >= 0.6 is 0 Å². The van der Waals surface area contributed by atoms with Crippen molar-refractivity contribution in [1.82, 2.24) is 10.2 Å². The van der Waals surface area contributed by atoms with Crippen molar-refractivity contribution in [2.24, 2.45) is 0 Å². The third kappa shape index (κ3) is 7.70. The fraction of sp³-hybridized carbons (Fsp3) is 0.394. The molecule has 0 aromatic heterocycles. The summed E-state index contributed by atoms with van der Waals surface area (Å²) in [6, 6.07) is 21.8. The molecule has 224 valence electrons. The van der Waals surface area contributed by atoms with E-state index >= 15 is 0 Å². The molecule has 1 aliphatic rings. The van der Waals surface area contributed by atoms with Crippen LogP contribution in [-0.2, 0) is 26.2 Å². The van der Waals surface area contributed by atoms with Gasteiger partial charge >= 0.3 is 0 Å². The zero-order chi connectivity index (χ0) is 30.1. The molecular formula is C33H41N3O5S. The second-order valence-corrected chi connectivity index (χ2v) is 12.7. The maximum absolute atomic E-state index is 14.2. The molecular weight excluding hydrogens is 550 g/mol. The van der Waals surface area contributed by atoms with E-state index in [9.17, 15) is 18.0 Å². The van der Waals surface area contributed by atoms with E-state index < -0.39 is 28.5 Å². The van der Waals surface area contributed by atoms with Gasteiger partial charge in [-0.15, -0.1) is 0 Å². The molecule has 1 fully saturated rings. The van der Waals surface area contributed by atoms with Gasteiger partial charge in [-0.2, -0.15) is 0 Å². The Balaban J connectivity index is 1.70. The Bertz CT molecular complexity index is 1440. The van der Waals surface area contributed by atoms with E-state index in [1.165, 1.54) is 24.1 Å². The maximum Gasteiger partial charge on any atom is 0.264 e. The molecule has 3 aromatic carbocycles. The molecule has 42 heavy (non-hydrogen) atoms. The standard InChI is InChI=1S/C33H41N3O5S/c1-4-31(33(38)34-27-12-7-5-8-13-27)35(23-26-20-18-25(2)19-21-26)32(37)24-36(28-14-11-15-29(22-28)41-3)42(39,40)30-16-9-6-10-17-30/h6,9-11,14-22,27,31H,4-5,7-8,12-13,23-24H2,1-3H3,(H,34,38). The number of aryl methyl sites for hydroxylation is 1. The minimum atomic E-state index is -4.13. The van der Waals surface area contributed by atoms with Crippen LogP contribution in [0.2, 0.25) is 0 Å². The predicted molar refractivity (Wildman–Crippen MR) is 165 cm³/mol. The molecule has 0 heterocycles. The van der Waals surface area contributed by atoms with Gasteiger partial charge in [-0.1, -0.05) is 80.3 Å². The molecule has 0 spiro atoms. The highest BCUT2D eigenvalue weighted by molar-refractivity contribution is 7.92.